The fraction of sp³-hybridized carbons (Fsp3) is 0.889. The van der Waals surface area contributed by atoms with Gasteiger partial charge >= 0.3 is 5.97 Å². The molecule has 0 bridgehead atoms. The Morgan fingerprint density at radius 2 is 2.00 bits per heavy atom. The maximum atomic E-state index is 11.0. The molecule has 12 heavy (non-hydrogen) atoms. The molecule has 0 unspecified atom stereocenters. The van der Waals surface area contributed by atoms with E-state index in [9.17, 15) is 4.79 Å². The van der Waals surface area contributed by atoms with Gasteiger partial charge in [0.05, 0.1) is 6.61 Å². The Bertz CT molecular complexity index is 134. The van der Waals surface area contributed by atoms with Gasteiger partial charge in [0.1, 0.15) is 6.04 Å². The second kappa shape index (κ2) is 6.00. The van der Waals surface area contributed by atoms with Crippen LogP contribution in [0, 0.1) is 5.92 Å². The van der Waals surface area contributed by atoms with Crippen LogP contribution in [0.25, 0.3) is 0 Å². The molecule has 72 valence electrons. The van der Waals surface area contributed by atoms with E-state index in [-0.39, 0.29) is 5.97 Å². The van der Waals surface area contributed by atoms with Crippen molar-refractivity contribution in [1.82, 2.24) is 0 Å². The standard InChI is InChI=1S/C9H19NO2/c1-4-12-9(11)8(10)6-5-7(2)3/h7-8H,4-6,10H2,1-3H3/t8-/m0/s1. The summed E-state index contributed by atoms with van der Waals surface area (Å²) in [5.74, 6) is 0.309. The summed E-state index contributed by atoms with van der Waals surface area (Å²) in [7, 11) is 0. The number of hydrogen-bond donors (Lipinski definition) is 1. The van der Waals surface area contributed by atoms with Crippen LogP contribution in [0.5, 0.6) is 0 Å². The van der Waals surface area contributed by atoms with Crippen LogP contribution in [0.15, 0.2) is 0 Å². The van der Waals surface area contributed by atoms with E-state index in [2.05, 4.69) is 13.8 Å². The van der Waals surface area contributed by atoms with Gasteiger partial charge in [-0.1, -0.05) is 13.8 Å². The maximum absolute atomic E-state index is 11.0. The first-order valence-corrected chi connectivity index (χ1v) is 4.50. The molecule has 0 spiro atoms. The van der Waals surface area contributed by atoms with Gasteiger partial charge in [0.15, 0.2) is 0 Å². The molecule has 0 saturated carbocycles. The van der Waals surface area contributed by atoms with Crippen LogP contribution >= 0.6 is 0 Å². The summed E-state index contributed by atoms with van der Waals surface area (Å²) >= 11 is 0. The number of carbonyl (C=O) groups excluding carboxylic acids is 1. The lowest BCUT2D eigenvalue weighted by atomic mass is 10.0. The van der Waals surface area contributed by atoms with E-state index >= 15 is 0 Å². The molecule has 2 N–H and O–H groups in total. The van der Waals surface area contributed by atoms with Crippen molar-refractivity contribution in [2.45, 2.75) is 39.7 Å². The molecule has 0 amide bonds. The zero-order valence-corrected chi connectivity index (χ0v) is 8.17. The van der Waals surface area contributed by atoms with Gasteiger partial charge in [-0.2, -0.15) is 0 Å². The molecule has 0 aromatic heterocycles. The van der Waals surface area contributed by atoms with Crippen molar-refractivity contribution < 1.29 is 9.53 Å². The fourth-order valence-electron chi connectivity index (χ4n) is 0.880. The van der Waals surface area contributed by atoms with Gasteiger partial charge in [-0.25, -0.2) is 0 Å². The molecule has 0 heterocycles. The third kappa shape index (κ3) is 5.13. The van der Waals surface area contributed by atoms with Gasteiger partial charge in [-0.15, -0.1) is 0 Å². The van der Waals surface area contributed by atoms with Gasteiger partial charge in [0.2, 0.25) is 0 Å². The van der Waals surface area contributed by atoms with E-state index in [0.717, 1.165) is 12.8 Å². The minimum Gasteiger partial charge on any atom is -0.465 e. The molecule has 0 fully saturated rings. The smallest absolute Gasteiger partial charge is 0.322 e. The summed E-state index contributed by atoms with van der Waals surface area (Å²) < 4.78 is 4.77. The van der Waals surface area contributed by atoms with Crippen molar-refractivity contribution in [3.63, 3.8) is 0 Å². The lowest BCUT2D eigenvalue weighted by molar-refractivity contribution is -0.144. The number of nitrogens with two attached hydrogens (primary N) is 1. The summed E-state index contributed by atoms with van der Waals surface area (Å²) in [4.78, 5) is 11.0. The highest BCUT2D eigenvalue weighted by Crippen LogP contribution is 2.06. The Morgan fingerprint density at radius 3 is 2.42 bits per heavy atom. The number of hydrogen-bond acceptors (Lipinski definition) is 3. The highest BCUT2D eigenvalue weighted by atomic mass is 16.5. The first kappa shape index (κ1) is 11.4. The molecule has 1 atom stereocenters. The Labute approximate surface area is 74.3 Å². The molecule has 0 aliphatic rings. The van der Waals surface area contributed by atoms with Crippen molar-refractivity contribution in [3.8, 4) is 0 Å². The third-order valence-corrected chi connectivity index (χ3v) is 1.64. The van der Waals surface area contributed by atoms with E-state index in [1.54, 1.807) is 6.92 Å². The van der Waals surface area contributed by atoms with Crippen molar-refractivity contribution in [2.75, 3.05) is 6.61 Å². The summed E-state index contributed by atoms with van der Waals surface area (Å²) in [5, 5.41) is 0. The highest BCUT2D eigenvalue weighted by Gasteiger charge is 2.13. The van der Waals surface area contributed by atoms with Crippen molar-refractivity contribution in [1.29, 1.82) is 0 Å². The minimum absolute atomic E-state index is 0.279. The molecule has 0 rings (SSSR count). The van der Waals surface area contributed by atoms with Crippen molar-refractivity contribution in [3.05, 3.63) is 0 Å². The van der Waals surface area contributed by atoms with Crippen LogP contribution in [0.3, 0.4) is 0 Å². The first-order valence-electron chi connectivity index (χ1n) is 4.50. The second-order valence-electron chi connectivity index (χ2n) is 3.33. The number of ether oxygens (including phenoxy) is 1. The topological polar surface area (TPSA) is 52.3 Å². The second-order valence-corrected chi connectivity index (χ2v) is 3.33. The van der Waals surface area contributed by atoms with E-state index < -0.39 is 6.04 Å². The molecular weight excluding hydrogens is 154 g/mol. The Kier molecular flexibility index (Phi) is 5.72. The van der Waals surface area contributed by atoms with Gasteiger partial charge in [-0.3, -0.25) is 4.79 Å². The fourth-order valence-corrected chi connectivity index (χ4v) is 0.880. The van der Waals surface area contributed by atoms with E-state index in [0.29, 0.717) is 12.5 Å². The Morgan fingerprint density at radius 1 is 1.42 bits per heavy atom. The summed E-state index contributed by atoms with van der Waals surface area (Å²) in [6, 6.07) is -0.438. The first-order chi connectivity index (χ1) is 5.57. The number of esters is 1. The van der Waals surface area contributed by atoms with Crippen LogP contribution in [-0.2, 0) is 9.53 Å². The molecule has 3 heteroatoms. The van der Waals surface area contributed by atoms with E-state index in [1.165, 1.54) is 0 Å². The summed E-state index contributed by atoms with van der Waals surface area (Å²) in [6.45, 7) is 6.41. The predicted octanol–water partition coefficient (Wildman–Crippen LogP) is 1.31. The van der Waals surface area contributed by atoms with Crippen molar-refractivity contribution in [2.24, 2.45) is 11.7 Å². The molecule has 3 nitrogen and oxygen atoms in total. The normalized spacial score (nSPS) is 13.1. The number of rotatable bonds is 5. The maximum Gasteiger partial charge on any atom is 0.322 e. The van der Waals surface area contributed by atoms with E-state index in [1.807, 2.05) is 0 Å². The highest BCUT2D eigenvalue weighted by molar-refractivity contribution is 5.75. The molecule has 0 aliphatic carbocycles. The van der Waals surface area contributed by atoms with Gasteiger partial charge in [0, 0.05) is 0 Å². The molecule has 0 aliphatic heterocycles. The minimum atomic E-state index is -0.438. The van der Waals surface area contributed by atoms with Gasteiger partial charge in [-0.05, 0) is 25.7 Å². The van der Waals surface area contributed by atoms with Gasteiger partial charge in [0.25, 0.3) is 0 Å². The quantitative estimate of drug-likeness (QED) is 0.638. The summed E-state index contributed by atoms with van der Waals surface area (Å²) in [6.07, 6.45) is 1.69. The average molecular weight is 173 g/mol. The zero-order valence-electron chi connectivity index (χ0n) is 8.17. The zero-order chi connectivity index (χ0) is 9.56. The molecular formula is C9H19NO2. The summed E-state index contributed by atoms with van der Waals surface area (Å²) in [5.41, 5.74) is 5.58. The average Bonchev–Trinajstić information content (AvgIpc) is 2.00. The Balaban J connectivity index is 3.56. The molecule has 0 saturated heterocycles. The van der Waals surface area contributed by atoms with Crippen LogP contribution in [0.1, 0.15) is 33.6 Å². The largest absolute Gasteiger partial charge is 0.465 e. The SMILES string of the molecule is CCOC(=O)[C@@H](N)CCC(C)C. The van der Waals surface area contributed by atoms with E-state index in [4.69, 9.17) is 10.5 Å². The van der Waals surface area contributed by atoms with Crippen LogP contribution in [0.2, 0.25) is 0 Å². The predicted molar refractivity (Wildman–Crippen MR) is 48.7 cm³/mol. The van der Waals surface area contributed by atoms with Gasteiger partial charge < -0.3 is 10.5 Å². The third-order valence-electron chi connectivity index (χ3n) is 1.64. The Hall–Kier alpha value is -0.570. The monoisotopic (exact) mass is 173 g/mol. The molecule has 0 aromatic rings. The van der Waals surface area contributed by atoms with Crippen molar-refractivity contribution >= 4 is 5.97 Å². The lowest BCUT2D eigenvalue weighted by Gasteiger charge is -2.11. The van der Waals surface area contributed by atoms with Crippen LogP contribution < -0.4 is 5.73 Å². The van der Waals surface area contributed by atoms with Crippen LogP contribution in [-0.4, -0.2) is 18.6 Å². The van der Waals surface area contributed by atoms with Crippen LogP contribution in [0.4, 0.5) is 0 Å². The number of carbonyl (C=O) groups is 1. The lowest BCUT2D eigenvalue weighted by Crippen LogP contribution is -2.32. The molecule has 0 aromatic carbocycles. The molecule has 0 radical (unpaired) electrons.